The van der Waals surface area contributed by atoms with Crippen LogP contribution in [0.25, 0.3) is 17.1 Å². The second-order valence-electron chi connectivity index (χ2n) is 4.90. The van der Waals surface area contributed by atoms with Gasteiger partial charge in [-0.2, -0.15) is 0 Å². The zero-order valence-corrected chi connectivity index (χ0v) is 13.1. The van der Waals surface area contributed by atoms with Crippen LogP contribution in [0.4, 0.5) is 0 Å². The second kappa shape index (κ2) is 6.26. The van der Waals surface area contributed by atoms with Crippen LogP contribution in [0, 0.1) is 0 Å². The topological polar surface area (TPSA) is 101 Å². The van der Waals surface area contributed by atoms with Crippen molar-refractivity contribution in [2.75, 3.05) is 0 Å². The Balaban J connectivity index is 1.96. The average Bonchev–Trinajstić information content (AvgIpc) is 3.05. The Morgan fingerprint density at radius 3 is 2.62 bits per heavy atom. The van der Waals surface area contributed by atoms with Gasteiger partial charge in [-0.1, -0.05) is 12.1 Å². The van der Waals surface area contributed by atoms with E-state index in [0.29, 0.717) is 16.6 Å². The highest BCUT2D eigenvalue weighted by Gasteiger charge is 2.18. The van der Waals surface area contributed by atoms with E-state index >= 15 is 0 Å². The van der Waals surface area contributed by atoms with E-state index in [1.807, 2.05) is 0 Å². The van der Waals surface area contributed by atoms with Crippen molar-refractivity contribution in [3.63, 3.8) is 0 Å². The molecule has 122 valence electrons. The van der Waals surface area contributed by atoms with Gasteiger partial charge in [-0.25, -0.2) is 17.9 Å². The Bertz CT molecular complexity index is 1020. The molecule has 0 unspecified atom stereocenters. The Hall–Kier alpha value is -2.97. The number of nitrogens with one attached hydrogen (secondary N) is 1. The highest BCUT2D eigenvalue weighted by atomic mass is 32.2. The van der Waals surface area contributed by atoms with Crippen molar-refractivity contribution in [3.8, 4) is 0 Å². The zero-order valence-electron chi connectivity index (χ0n) is 12.3. The normalized spacial score (nSPS) is 11.9. The number of nitrogens with zero attached hydrogens (tertiary/aromatic N) is 2. The minimum atomic E-state index is -3.74. The highest BCUT2D eigenvalue weighted by molar-refractivity contribution is 7.90. The van der Waals surface area contributed by atoms with Gasteiger partial charge in [-0.3, -0.25) is 15.0 Å². The number of carbonyl (C=O) groups excluding carboxylic acids is 1. The lowest BCUT2D eigenvalue weighted by molar-refractivity contribution is -0.124. The third-order valence-electron chi connectivity index (χ3n) is 3.40. The quantitative estimate of drug-likeness (QED) is 0.427. The summed E-state index contributed by atoms with van der Waals surface area (Å²) < 4.78 is 26.7. The fourth-order valence-electron chi connectivity index (χ4n) is 2.23. The standard InChI is InChI=1S/C16H13N3O4S/c20-16(18-21)8-5-12-3-6-13(7-4-12)24(22,23)19-11-9-14-15(19)2-1-10-17-14/h1-11,21H,(H,18,20). The average molecular weight is 343 g/mol. The first-order valence-corrected chi connectivity index (χ1v) is 8.36. The maximum atomic E-state index is 12.8. The van der Waals surface area contributed by atoms with Crippen LogP contribution in [0.1, 0.15) is 5.56 Å². The number of benzene rings is 1. The fraction of sp³-hybridized carbons (Fsp3) is 0. The molecule has 24 heavy (non-hydrogen) atoms. The van der Waals surface area contributed by atoms with Gasteiger partial charge in [0.05, 0.1) is 15.9 Å². The van der Waals surface area contributed by atoms with E-state index in [1.165, 1.54) is 33.9 Å². The molecule has 0 aliphatic carbocycles. The van der Waals surface area contributed by atoms with Gasteiger partial charge < -0.3 is 0 Å². The molecular formula is C16H13N3O4S. The Morgan fingerprint density at radius 1 is 1.17 bits per heavy atom. The Labute approximate surface area is 137 Å². The SMILES string of the molecule is O=C(C=Cc1ccc(S(=O)(=O)n2ccc3ncccc32)cc1)NO. The molecule has 0 radical (unpaired) electrons. The summed E-state index contributed by atoms with van der Waals surface area (Å²) in [5, 5.41) is 8.42. The predicted octanol–water partition coefficient (Wildman–Crippen LogP) is 1.79. The van der Waals surface area contributed by atoms with Crippen molar-refractivity contribution >= 4 is 33.0 Å². The van der Waals surface area contributed by atoms with Crippen LogP contribution >= 0.6 is 0 Å². The van der Waals surface area contributed by atoms with Gasteiger partial charge in [0.1, 0.15) is 0 Å². The zero-order chi connectivity index (χ0) is 17.2. The first kappa shape index (κ1) is 15.9. The fourth-order valence-corrected chi connectivity index (χ4v) is 3.57. The summed E-state index contributed by atoms with van der Waals surface area (Å²) in [4.78, 5) is 15.2. The van der Waals surface area contributed by atoms with Gasteiger partial charge in [-0.05, 0) is 42.0 Å². The Morgan fingerprint density at radius 2 is 1.92 bits per heavy atom. The molecule has 1 aromatic carbocycles. The molecule has 0 aliphatic rings. The summed E-state index contributed by atoms with van der Waals surface area (Å²) in [6.45, 7) is 0. The van der Waals surface area contributed by atoms with Crippen LogP contribution in [0.5, 0.6) is 0 Å². The molecule has 0 saturated heterocycles. The van der Waals surface area contributed by atoms with Crippen LogP contribution in [0.3, 0.4) is 0 Å². The summed E-state index contributed by atoms with van der Waals surface area (Å²) >= 11 is 0. The largest absolute Gasteiger partial charge is 0.288 e. The third kappa shape index (κ3) is 2.92. The smallest absolute Gasteiger partial charge is 0.268 e. The van der Waals surface area contributed by atoms with Gasteiger partial charge in [0.25, 0.3) is 15.9 Å². The van der Waals surface area contributed by atoms with Crippen LogP contribution in [-0.4, -0.2) is 28.5 Å². The van der Waals surface area contributed by atoms with E-state index in [0.717, 1.165) is 6.08 Å². The van der Waals surface area contributed by atoms with Gasteiger partial charge in [0, 0.05) is 18.5 Å². The molecule has 2 aromatic heterocycles. The molecule has 0 atom stereocenters. The molecule has 0 aliphatic heterocycles. The number of carbonyl (C=O) groups is 1. The van der Waals surface area contributed by atoms with Crippen LogP contribution in [-0.2, 0) is 14.8 Å². The lowest BCUT2D eigenvalue weighted by Gasteiger charge is -2.07. The van der Waals surface area contributed by atoms with E-state index in [4.69, 9.17) is 5.21 Å². The van der Waals surface area contributed by atoms with Gasteiger partial charge in [0.15, 0.2) is 0 Å². The lowest BCUT2D eigenvalue weighted by atomic mass is 10.2. The number of pyridine rings is 1. The Kier molecular flexibility index (Phi) is 4.15. The molecule has 2 heterocycles. The monoisotopic (exact) mass is 343 g/mol. The van der Waals surface area contributed by atoms with E-state index in [9.17, 15) is 13.2 Å². The van der Waals surface area contributed by atoms with E-state index < -0.39 is 15.9 Å². The van der Waals surface area contributed by atoms with Crippen molar-refractivity contribution < 1.29 is 18.4 Å². The molecule has 0 saturated carbocycles. The number of hydrogen-bond acceptors (Lipinski definition) is 5. The molecule has 8 heteroatoms. The minimum absolute atomic E-state index is 0.118. The first-order valence-electron chi connectivity index (χ1n) is 6.92. The van der Waals surface area contributed by atoms with E-state index in [1.54, 1.807) is 36.5 Å². The molecule has 0 bridgehead atoms. The number of hydrogen-bond donors (Lipinski definition) is 2. The van der Waals surface area contributed by atoms with Crippen molar-refractivity contribution in [1.82, 2.24) is 14.4 Å². The molecule has 3 rings (SSSR count). The number of rotatable bonds is 4. The predicted molar refractivity (Wildman–Crippen MR) is 87.7 cm³/mol. The number of hydroxylamine groups is 1. The molecule has 3 aromatic rings. The van der Waals surface area contributed by atoms with Crippen molar-refractivity contribution in [2.45, 2.75) is 4.90 Å². The van der Waals surface area contributed by atoms with Crippen LogP contribution in [0.2, 0.25) is 0 Å². The first-order chi connectivity index (χ1) is 11.5. The van der Waals surface area contributed by atoms with E-state index in [2.05, 4.69) is 4.98 Å². The molecular weight excluding hydrogens is 330 g/mol. The summed E-state index contributed by atoms with van der Waals surface area (Å²) in [6.07, 6.45) is 5.65. The number of aromatic nitrogens is 2. The maximum Gasteiger partial charge on any atom is 0.268 e. The molecule has 7 nitrogen and oxygen atoms in total. The molecule has 0 fully saturated rings. The summed E-state index contributed by atoms with van der Waals surface area (Å²) in [5.74, 6) is -0.669. The summed E-state index contributed by atoms with van der Waals surface area (Å²) in [6, 6.07) is 11.0. The van der Waals surface area contributed by atoms with Crippen LogP contribution < -0.4 is 5.48 Å². The third-order valence-corrected chi connectivity index (χ3v) is 5.10. The maximum absolute atomic E-state index is 12.8. The second-order valence-corrected chi connectivity index (χ2v) is 6.72. The van der Waals surface area contributed by atoms with Crippen molar-refractivity contribution in [3.05, 3.63) is 66.5 Å². The van der Waals surface area contributed by atoms with Gasteiger partial charge in [0.2, 0.25) is 0 Å². The highest BCUT2D eigenvalue weighted by Crippen LogP contribution is 2.21. The van der Waals surface area contributed by atoms with Gasteiger partial charge >= 0.3 is 0 Å². The molecule has 0 spiro atoms. The minimum Gasteiger partial charge on any atom is -0.288 e. The molecule has 2 N–H and O–H groups in total. The molecule has 1 amide bonds. The number of amides is 1. The van der Waals surface area contributed by atoms with Crippen molar-refractivity contribution in [2.24, 2.45) is 0 Å². The summed E-state index contributed by atoms with van der Waals surface area (Å²) in [7, 11) is -3.74. The van der Waals surface area contributed by atoms with Crippen molar-refractivity contribution in [1.29, 1.82) is 0 Å². The number of fused-ring (bicyclic) bond motifs is 1. The summed E-state index contributed by atoms with van der Waals surface area (Å²) in [5.41, 5.74) is 3.19. The van der Waals surface area contributed by atoms with Crippen LogP contribution in [0.15, 0.2) is 65.8 Å². The van der Waals surface area contributed by atoms with Gasteiger partial charge in [-0.15, -0.1) is 0 Å². The lowest BCUT2D eigenvalue weighted by Crippen LogP contribution is -2.14. The van der Waals surface area contributed by atoms with E-state index in [-0.39, 0.29) is 4.90 Å².